The first-order chi connectivity index (χ1) is 10.4. The summed E-state index contributed by atoms with van der Waals surface area (Å²) in [5, 5.41) is 0. The molecule has 0 unspecified atom stereocenters. The number of anilines is 1. The Kier molecular flexibility index (Phi) is 4.46. The lowest BCUT2D eigenvalue weighted by Gasteiger charge is -2.13. The van der Waals surface area contributed by atoms with Gasteiger partial charge in [0.15, 0.2) is 0 Å². The van der Waals surface area contributed by atoms with Crippen LogP contribution in [0.5, 0.6) is 0 Å². The van der Waals surface area contributed by atoms with E-state index in [-0.39, 0.29) is 21.7 Å². The van der Waals surface area contributed by atoms with Crippen LogP contribution in [-0.4, -0.2) is 21.5 Å². The number of ether oxygens (including phenoxy) is 1. The van der Waals surface area contributed by atoms with Crippen LogP contribution in [0.4, 0.5) is 10.1 Å². The number of methoxy groups -OCH3 is 1. The summed E-state index contributed by atoms with van der Waals surface area (Å²) in [5.41, 5.74) is 0.211. The van der Waals surface area contributed by atoms with Crippen molar-refractivity contribution in [2.75, 3.05) is 11.8 Å². The molecular formula is C15H14FNO4S. The Morgan fingerprint density at radius 1 is 1.14 bits per heavy atom. The Balaban J connectivity index is 2.47. The monoisotopic (exact) mass is 323 g/mol. The van der Waals surface area contributed by atoms with Crippen molar-refractivity contribution in [1.29, 1.82) is 0 Å². The molecule has 2 rings (SSSR count). The van der Waals surface area contributed by atoms with E-state index in [1.165, 1.54) is 50.4 Å². The van der Waals surface area contributed by atoms with Gasteiger partial charge in [0.05, 0.1) is 23.3 Å². The number of hydrogen-bond donors (Lipinski definition) is 1. The summed E-state index contributed by atoms with van der Waals surface area (Å²) < 4.78 is 45.2. The molecule has 7 heteroatoms. The number of benzene rings is 2. The van der Waals surface area contributed by atoms with Crippen molar-refractivity contribution in [2.24, 2.45) is 0 Å². The number of rotatable bonds is 4. The molecule has 0 aliphatic heterocycles. The third-order valence-corrected chi connectivity index (χ3v) is 4.61. The summed E-state index contributed by atoms with van der Waals surface area (Å²) in [6.45, 7) is 1.49. The summed E-state index contributed by atoms with van der Waals surface area (Å²) >= 11 is 0. The highest BCUT2D eigenvalue weighted by atomic mass is 32.2. The molecule has 0 fully saturated rings. The zero-order chi connectivity index (χ0) is 16.3. The molecule has 5 nitrogen and oxygen atoms in total. The largest absolute Gasteiger partial charge is 0.465 e. The highest BCUT2D eigenvalue weighted by molar-refractivity contribution is 7.92. The van der Waals surface area contributed by atoms with Crippen molar-refractivity contribution in [3.8, 4) is 0 Å². The fraction of sp³-hybridized carbons (Fsp3) is 0.133. The molecule has 1 N–H and O–H groups in total. The smallest absolute Gasteiger partial charge is 0.338 e. The molecule has 0 heterocycles. The van der Waals surface area contributed by atoms with Gasteiger partial charge < -0.3 is 4.74 Å². The van der Waals surface area contributed by atoms with E-state index in [0.29, 0.717) is 0 Å². The van der Waals surface area contributed by atoms with E-state index in [4.69, 9.17) is 0 Å². The van der Waals surface area contributed by atoms with Crippen LogP contribution in [0.3, 0.4) is 0 Å². The van der Waals surface area contributed by atoms with E-state index in [2.05, 4.69) is 9.46 Å². The third kappa shape index (κ3) is 3.09. The maximum Gasteiger partial charge on any atom is 0.338 e. The molecule has 0 atom stereocenters. The van der Waals surface area contributed by atoms with E-state index in [1.807, 2.05) is 0 Å². The average molecular weight is 323 g/mol. The van der Waals surface area contributed by atoms with Gasteiger partial charge in [-0.05, 0) is 36.8 Å². The molecule has 2 aromatic rings. The molecule has 0 saturated heterocycles. The second-order valence-corrected chi connectivity index (χ2v) is 6.16. The van der Waals surface area contributed by atoms with Gasteiger partial charge in [0.1, 0.15) is 5.82 Å². The highest BCUT2D eigenvalue weighted by Gasteiger charge is 2.22. The lowest BCUT2D eigenvalue weighted by Crippen LogP contribution is -2.17. The van der Waals surface area contributed by atoms with Gasteiger partial charge in [0, 0.05) is 0 Å². The number of carbonyl (C=O) groups excluding carboxylic acids is 1. The molecule has 22 heavy (non-hydrogen) atoms. The lowest BCUT2D eigenvalue weighted by molar-refractivity contribution is 0.0599. The quantitative estimate of drug-likeness (QED) is 0.878. The summed E-state index contributed by atoms with van der Waals surface area (Å²) in [4.78, 5) is 11.5. The van der Waals surface area contributed by atoms with Crippen molar-refractivity contribution in [3.63, 3.8) is 0 Å². The zero-order valence-electron chi connectivity index (χ0n) is 12.0. The van der Waals surface area contributed by atoms with Gasteiger partial charge in [-0.1, -0.05) is 18.2 Å². The summed E-state index contributed by atoms with van der Waals surface area (Å²) in [6.07, 6.45) is 0. The van der Waals surface area contributed by atoms with Gasteiger partial charge in [-0.25, -0.2) is 17.6 Å². The molecule has 2 aromatic carbocycles. The number of esters is 1. The van der Waals surface area contributed by atoms with Crippen molar-refractivity contribution >= 4 is 21.7 Å². The average Bonchev–Trinajstić information content (AvgIpc) is 2.48. The molecule has 0 aliphatic carbocycles. The van der Waals surface area contributed by atoms with E-state index in [9.17, 15) is 17.6 Å². The number of halogens is 1. The Bertz CT molecular complexity index is 818. The maximum atomic E-state index is 13.6. The molecule has 0 bridgehead atoms. The lowest BCUT2D eigenvalue weighted by atomic mass is 10.1. The predicted octanol–water partition coefficient (Wildman–Crippen LogP) is 2.72. The van der Waals surface area contributed by atoms with Crippen molar-refractivity contribution in [3.05, 3.63) is 59.4 Å². The number of nitrogens with one attached hydrogen (secondary N) is 1. The normalized spacial score (nSPS) is 11.0. The van der Waals surface area contributed by atoms with Crippen molar-refractivity contribution in [1.82, 2.24) is 0 Å². The number of carbonyl (C=O) groups is 1. The Labute approximate surface area is 127 Å². The van der Waals surface area contributed by atoms with Gasteiger partial charge in [0.25, 0.3) is 10.0 Å². The van der Waals surface area contributed by atoms with E-state index in [0.717, 1.165) is 6.07 Å². The van der Waals surface area contributed by atoms with Crippen LogP contribution in [0.15, 0.2) is 47.4 Å². The number of sulfonamides is 1. The topological polar surface area (TPSA) is 72.5 Å². The summed E-state index contributed by atoms with van der Waals surface area (Å²) in [7, 11) is -2.82. The molecule has 0 amide bonds. The van der Waals surface area contributed by atoms with Gasteiger partial charge in [-0.2, -0.15) is 0 Å². The van der Waals surface area contributed by atoms with Crippen LogP contribution in [0, 0.1) is 12.7 Å². The Morgan fingerprint density at radius 2 is 1.82 bits per heavy atom. The zero-order valence-corrected chi connectivity index (χ0v) is 12.8. The number of para-hydroxylation sites is 1. The summed E-state index contributed by atoms with van der Waals surface area (Å²) in [6, 6.07) is 9.65. The van der Waals surface area contributed by atoms with Crippen LogP contribution in [0.25, 0.3) is 0 Å². The minimum atomic E-state index is -4.03. The van der Waals surface area contributed by atoms with E-state index in [1.54, 1.807) is 0 Å². The minimum Gasteiger partial charge on any atom is -0.465 e. The SMILES string of the molecule is COC(=O)c1cccc(S(=O)(=O)Nc2ccccc2F)c1C. The van der Waals surface area contributed by atoms with Gasteiger partial charge in [-0.15, -0.1) is 0 Å². The highest BCUT2D eigenvalue weighted by Crippen LogP contribution is 2.23. The van der Waals surface area contributed by atoms with Gasteiger partial charge in [0.2, 0.25) is 0 Å². The molecule has 0 saturated carbocycles. The first-order valence-electron chi connectivity index (χ1n) is 6.32. The molecule has 116 valence electrons. The standard InChI is InChI=1S/C15H14FNO4S/c1-10-11(15(18)21-2)6-5-9-14(10)22(19,20)17-13-8-4-3-7-12(13)16/h3-9,17H,1-2H3. The minimum absolute atomic E-state index is 0.112. The van der Waals surface area contributed by atoms with Gasteiger partial charge >= 0.3 is 5.97 Å². The molecule has 0 spiro atoms. The van der Waals surface area contributed by atoms with E-state index >= 15 is 0 Å². The van der Waals surface area contributed by atoms with E-state index < -0.39 is 21.8 Å². The van der Waals surface area contributed by atoms with Crippen LogP contribution >= 0.6 is 0 Å². The predicted molar refractivity (Wildman–Crippen MR) is 79.7 cm³/mol. The first-order valence-corrected chi connectivity index (χ1v) is 7.80. The molecule has 0 radical (unpaired) electrons. The number of hydrogen-bond acceptors (Lipinski definition) is 4. The van der Waals surface area contributed by atoms with Crippen LogP contribution in [-0.2, 0) is 14.8 Å². The third-order valence-electron chi connectivity index (χ3n) is 3.10. The fourth-order valence-electron chi connectivity index (χ4n) is 1.98. The van der Waals surface area contributed by atoms with Crippen LogP contribution in [0.1, 0.15) is 15.9 Å². The first kappa shape index (κ1) is 16.0. The molecule has 0 aromatic heterocycles. The molecule has 0 aliphatic rings. The van der Waals surface area contributed by atoms with Crippen molar-refractivity contribution in [2.45, 2.75) is 11.8 Å². The van der Waals surface area contributed by atoms with Gasteiger partial charge in [-0.3, -0.25) is 4.72 Å². The Hall–Kier alpha value is -2.41. The van der Waals surface area contributed by atoms with Crippen LogP contribution < -0.4 is 4.72 Å². The summed E-state index contributed by atoms with van der Waals surface area (Å²) in [5.74, 6) is -1.33. The van der Waals surface area contributed by atoms with Crippen LogP contribution in [0.2, 0.25) is 0 Å². The second-order valence-electron chi connectivity index (χ2n) is 4.51. The van der Waals surface area contributed by atoms with Crippen molar-refractivity contribution < 1.29 is 22.3 Å². The second kappa shape index (κ2) is 6.15. The molecular weight excluding hydrogens is 309 g/mol. The Morgan fingerprint density at radius 3 is 2.45 bits per heavy atom. The fourth-order valence-corrected chi connectivity index (χ4v) is 3.32. The maximum absolute atomic E-state index is 13.6.